The summed E-state index contributed by atoms with van der Waals surface area (Å²) in [5.74, 6) is -1.37. The molecule has 2 bridgehead atoms. The second-order valence-corrected chi connectivity index (χ2v) is 6.29. The normalized spacial score (nSPS) is 24.7. The van der Waals surface area contributed by atoms with Crippen molar-refractivity contribution in [3.8, 4) is 0 Å². The second kappa shape index (κ2) is 5.53. The minimum Gasteiger partial charge on any atom is -0.365 e. The van der Waals surface area contributed by atoms with Crippen LogP contribution < -0.4 is 0 Å². The minimum atomic E-state index is -0.717. The maximum absolute atomic E-state index is 13.2. The van der Waals surface area contributed by atoms with Crippen LogP contribution in [0.2, 0.25) is 0 Å². The zero-order valence-corrected chi connectivity index (χ0v) is 12.5. The lowest BCUT2D eigenvalue weighted by atomic mass is 9.81. The molecule has 4 heteroatoms. The van der Waals surface area contributed by atoms with Crippen LogP contribution in [0.5, 0.6) is 0 Å². The lowest BCUT2D eigenvalue weighted by Gasteiger charge is -2.20. The van der Waals surface area contributed by atoms with Crippen LogP contribution in [-0.2, 0) is 4.74 Å². The van der Waals surface area contributed by atoms with Crippen molar-refractivity contribution in [1.29, 1.82) is 0 Å². The van der Waals surface area contributed by atoms with Gasteiger partial charge in [-0.15, -0.1) is 0 Å². The fourth-order valence-corrected chi connectivity index (χ4v) is 3.78. The molecule has 3 atom stereocenters. The highest BCUT2D eigenvalue weighted by Gasteiger charge is 2.44. The van der Waals surface area contributed by atoms with Gasteiger partial charge in [0, 0.05) is 18.1 Å². The molecule has 2 aliphatic rings. The van der Waals surface area contributed by atoms with Crippen molar-refractivity contribution in [3.05, 3.63) is 70.8 Å². The Morgan fingerprint density at radius 2 is 1.78 bits per heavy atom. The van der Waals surface area contributed by atoms with E-state index < -0.39 is 11.6 Å². The Hall–Kier alpha value is -2.07. The van der Waals surface area contributed by atoms with Gasteiger partial charge in [-0.2, -0.15) is 0 Å². The van der Waals surface area contributed by atoms with Gasteiger partial charge >= 0.3 is 0 Å². The summed E-state index contributed by atoms with van der Waals surface area (Å²) in [6, 6.07) is 11.2. The first kappa shape index (κ1) is 14.5. The minimum absolute atomic E-state index is 0.0493. The smallest absolute Gasteiger partial charge is 0.163 e. The summed E-state index contributed by atoms with van der Waals surface area (Å²) in [5.41, 5.74) is 2.58. The Bertz CT molecular complexity index is 751. The van der Waals surface area contributed by atoms with Gasteiger partial charge < -0.3 is 4.74 Å². The first-order valence-corrected chi connectivity index (χ1v) is 7.85. The number of fused-ring (bicyclic) bond motifs is 5. The average molecular weight is 314 g/mol. The van der Waals surface area contributed by atoms with E-state index in [1.165, 1.54) is 11.1 Å². The van der Waals surface area contributed by atoms with Crippen molar-refractivity contribution in [2.75, 3.05) is 0 Å². The Morgan fingerprint density at radius 3 is 2.52 bits per heavy atom. The third-order valence-corrected chi connectivity index (χ3v) is 4.83. The molecule has 0 saturated carbocycles. The van der Waals surface area contributed by atoms with E-state index in [2.05, 4.69) is 12.1 Å². The van der Waals surface area contributed by atoms with Gasteiger partial charge in [0.25, 0.3) is 0 Å². The summed E-state index contributed by atoms with van der Waals surface area (Å²) in [4.78, 5) is 12.2. The molecule has 0 N–H and O–H groups in total. The maximum atomic E-state index is 13.2. The summed E-state index contributed by atoms with van der Waals surface area (Å²) < 4.78 is 32.4. The summed E-state index contributed by atoms with van der Waals surface area (Å²) in [6.07, 6.45) is 2.04. The Kier molecular flexibility index (Phi) is 3.49. The van der Waals surface area contributed by atoms with Crippen molar-refractivity contribution < 1.29 is 18.3 Å². The monoisotopic (exact) mass is 314 g/mol. The molecule has 4 rings (SSSR count). The van der Waals surface area contributed by atoms with Crippen LogP contribution in [0.3, 0.4) is 0 Å². The molecule has 0 amide bonds. The highest BCUT2D eigenvalue weighted by atomic mass is 19.1. The van der Waals surface area contributed by atoms with Crippen molar-refractivity contribution in [1.82, 2.24) is 0 Å². The number of carbonyl (C=O) groups excluding carboxylic acids is 1. The van der Waals surface area contributed by atoms with Crippen LogP contribution in [0, 0.1) is 17.6 Å². The summed E-state index contributed by atoms with van der Waals surface area (Å²) >= 11 is 0. The molecular weight excluding hydrogens is 298 g/mol. The molecule has 1 saturated heterocycles. The van der Waals surface area contributed by atoms with Gasteiger partial charge in [-0.05, 0) is 42.0 Å². The average Bonchev–Trinajstić information content (AvgIpc) is 3.11. The molecule has 0 spiro atoms. The van der Waals surface area contributed by atoms with Gasteiger partial charge in [-0.3, -0.25) is 4.79 Å². The molecule has 2 heterocycles. The molecule has 118 valence electrons. The number of ketones is 1. The largest absolute Gasteiger partial charge is 0.365 e. The van der Waals surface area contributed by atoms with Crippen LogP contribution in [0.15, 0.2) is 42.5 Å². The zero-order valence-electron chi connectivity index (χ0n) is 12.5. The van der Waals surface area contributed by atoms with E-state index >= 15 is 0 Å². The Balaban J connectivity index is 1.44. The summed E-state index contributed by atoms with van der Waals surface area (Å²) in [5, 5.41) is 0. The van der Waals surface area contributed by atoms with E-state index in [1.807, 2.05) is 12.1 Å². The highest BCUT2D eigenvalue weighted by Crippen LogP contribution is 2.54. The first-order valence-electron chi connectivity index (χ1n) is 7.85. The molecule has 2 aromatic rings. The summed E-state index contributed by atoms with van der Waals surface area (Å²) in [7, 11) is 0. The zero-order chi connectivity index (χ0) is 16.0. The van der Waals surface area contributed by atoms with Crippen LogP contribution in [0.1, 0.15) is 53.0 Å². The van der Waals surface area contributed by atoms with E-state index in [1.54, 1.807) is 0 Å². The molecule has 0 unspecified atom stereocenters. The van der Waals surface area contributed by atoms with Gasteiger partial charge in [0.1, 0.15) is 11.6 Å². The number of benzene rings is 2. The number of carbonyl (C=O) groups is 1. The van der Waals surface area contributed by atoms with E-state index in [9.17, 15) is 13.6 Å². The van der Waals surface area contributed by atoms with E-state index in [0.29, 0.717) is 6.42 Å². The molecule has 23 heavy (non-hydrogen) atoms. The number of ether oxygens (including phenoxy) is 1. The topological polar surface area (TPSA) is 26.3 Å². The van der Waals surface area contributed by atoms with Gasteiger partial charge in [0.2, 0.25) is 0 Å². The summed E-state index contributed by atoms with van der Waals surface area (Å²) in [6.45, 7) is 0. The van der Waals surface area contributed by atoms with Crippen molar-refractivity contribution in [2.24, 2.45) is 5.92 Å². The molecule has 2 aliphatic heterocycles. The number of rotatable bonds is 4. The molecular formula is C19H16F2O2. The maximum Gasteiger partial charge on any atom is 0.163 e. The molecule has 0 radical (unpaired) electrons. The van der Waals surface area contributed by atoms with Crippen LogP contribution in [-0.4, -0.2) is 5.78 Å². The number of hydrogen-bond donors (Lipinski definition) is 0. The lowest BCUT2D eigenvalue weighted by molar-refractivity contribution is 0.0582. The first-order chi connectivity index (χ1) is 11.1. The van der Waals surface area contributed by atoms with Gasteiger partial charge in [-0.1, -0.05) is 24.3 Å². The Labute approximate surface area is 133 Å². The molecule has 0 aromatic heterocycles. The second-order valence-electron chi connectivity index (χ2n) is 6.29. The molecule has 0 aliphatic carbocycles. The lowest BCUT2D eigenvalue weighted by Crippen LogP contribution is -2.13. The molecule has 2 nitrogen and oxygen atoms in total. The molecule has 2 aromatic carbocycles. The predicted octanol–water partition coefficient (Wildman–Crippen LogP) is 4.76. The SMILES string of the molecule is O=C(CC[C@@H]1C[C@@H]2O[C@H]1c1ccccc12)c1cc(F)cc(F)c1. The quantitative estimate of drug-likeness (QED) is 0.761. The van der Waals surface area contributed by atoms with Crippen LogP contribution in [0.25, 0.3) is 0 Å². The fourth-order valence-electron chi connectivity index (χ4n) is 3.78. The fraction of sp³-hybridized carbons (Fsp3) is 0.316. The van der Waals surface area contributed by atoms with Gasteiger partial charge in [0.05, 0.1) is 12.2 Å². The third kappa shape index (κ3) is 2.57. The van der Waals surface area contributed by atoms with Gasteiger partial charge in [-0.25, -0.2) is 8.78 Å². The number of hydrogen-bond acceptors (Lipinski definition) is 2. The Morgan fingerprint density at radius 1 is 1.09 bits per heavy atom. The van der Waals surface area contributed by atoms with Crippen molar-refractivity contribution in [2.45, 2.75) is 31.5 Å². The standard InChI is InChI=1S/C19H16F2O2/c20-13-7-12(8-14(21)10-13)17(22)6-5-11-9-18-15-3-1-2-4-16(15)19(11)23-18/h1-4,7-8,10-11,18-19H,5-6,9H2/t11-,18+,19-/m1/s1. The predicted molar refractivity (Wildman–Crippen MR) is 81.0 cm³/mol. The number of halogens is 2. The van der Waals surface area contributed by atoms with Crippen molar-refractivity contribution >= 4 is 5.78 Å². The number of Topliss-reactive ketones (excluding diaryl/α,β-unsaturated/α-hetero) is 1. The van der Waals surface area contributed by atoms with Crippen LogP contribution >= 0.6 is 0 Å². The van der Waals surface area contributed by atoms with E-state index in [-0.39, 0.29) is 35.9 Å². The highest BCUT2D eigenvalue weighted by molar-refractivity contribution is 5.96. The molecule has 1 fully saturated rings. The van der Waals surface area contributed by atoms with E-state index in [4.69, 9.17) is 4.74 Å². The van der Waals surface area contributed by atoms with Gasteiger partial charge in [0.15, 0.2) is 5.78 Å². The third-order valence-electron chi connectivity index (χ3n) is 4.83. The van der Waals surface area contributed by atoms with Crippen molar-refractivity contribution in [3.63, 3.8) is 0 Å². The van der Waals surface area contributed by atoms with E-state index in [0.717, 1.165) is 24.6 Å². The van der Waals surface area contributed by atoms with Crippen LogP contribution in [0.4, 0.5) is 8.78 Å².